The topological polar surface area (TPSA) is 80.7 Å². The van der Waals surface area contributed by atoms with Gasteiger partial charge in [0.25, 0.3) is 0 Å². The van der Waals surface area contributed by atoms with Crippen LogP contribution in [0.1, 0.15) is 12.8 Å². The number of rotatable bonds is 9. The van der Waals surface area contributed by atoms with Crippen LogP contribution >= 0.6 is 0 Å². The van der Waals surface area contributed by atoms with Gasteiger partial charge >= 0.3 is 6.03 Å². The van der Waals surface area contributed by atoms with Gasteiger partial charge < -0.3 is 20.1 Å². The smallest absolute Gasteiger partial charge is 0.323 e. The van der Waals surface area contributed by atoms with E-state index < -0.39 is 0 Å². The van der Waals surface area contributed by atoms with Crippen LogP contribution < -0.4 is 15.4 Å². The van der Waals surface area contributed by atoms with Crippen molar-refractivity contribution < 1.29 is 14.3 Å². The Morgan fingerprint density at radius 1 is 0.972 bits per heavy atom. The molecule has 8 heteroatoms. The normalized spacial score (nSPS) is 15.8. The first-order valence-electron chi connectivity index (χ1n) is 12.3. The Kier molecular flexibility index (Phi) is 7.44. The number of methoxy groups -OCH3 is 1. The molecule has 0 bridgehead atoms. The van der Waals surface area contributed by atoms with Gasteiger partial charge in [-0.05, 0) is 74.0 Å². The highest BCUT2D eigenvalue weighted by Crippen LogP contribution is 2.23. The fourth-order valence-corrected chi connectivity index (χ4v) is 4.60. The van der Waals surface area contributed by atoms with Crippen molar-refractivity contribution in [1.29, 1.82) is 0 Å². The molecule has 3 aromatic carbocycles. The first-order chi connectivity index (χ1) is 17.7. The van der Waals surface area contributed by atoms with E-state index in [0.717, 1.165) is 42.9 Å². The number of hydrogen-bond acceptors (Lipinski definition) is 5. The second kappa shape index (κ2) is 11.2. The van der Waals surface area contributed by atoms with Crippen LogP contribution in [0.5, 0.6) is 11.5 Å². The van der Waals surface area contributed by atoms with Crippen molar-refractivity contribution in [2.75, 3.05) is 37.4 Å². The van der Waals surface area contributed by atoms with Crippen LogP contribution in [0.25, 0.3) is 10.9 Å². The van der Waals surface area contributed by atoms with E-state index in [-0.39, 0.29) is 6.03 Å². The summed E-state index contributed by atoms with van der Waals surface area (Å²) in [5, 5.41) is 11.4. The van der Waals surface area contributed by atoms with E-state index in [1.54, 1.807) is 7.11 Å². The van der Waals surface area contributed by atoms with Crippen LogP contribution in [0.15, 0.2) is 79.0 Å². The van der Waals surface area contributed by atoms with Crippen LogP contribution in [0.2, 0.25) is 0 Å². The van der Waals surface area contributed by atoms with Gasteiger partial charge in [-0.1, -0.05) is 18.2 Å². The number of aromatic nitrogens is 2. The van der Waals surface area contributed by atoms with Gasteiger partial charge in [0.05, 0.1) is 18.7 Å². The summed E-state index contributed by atoms with van der Waals surface area (Å²) < 4.78 is 13.1. The largest absolute Gasteiger partial charge is 0.457 e. The quantitative estimate of drug-likeness (QED) is 0.323. The molecule has 0 radical (unpaired) electrons. The molecule has 186 valence electrons. The lowest BCUT2D eigenvalue weighted by molar-refractivity contribution is 0.113. The van der Waals surface area contributed by atoms with E-state index in [0.29, 0.717) is 23.2 Å². The average Bonchev–Trinajstić information content (AvgIpc) is 3.50. The zero-order valence-corrected chi connectivity index (χ0v) is 20.4. The van der Waals surface area contributed by atoms with Crippen molar-refractivity contribution in [2.24, 2.45) is 0 Å². The summed E-state index contributed by atoms with van der Waals surface area (Å²) in [4.78, 5) is 15.0. The molecule has 2 amide bonds. The number of carbonyl (C=O) groups excluding carboxylic acids is 1. The predicted octanol–water partition coefficient (Wildman–Crippen LogP) is 5.58. The summed E-state index contributed by atoms with van der Waals surface area (Å²) in [6, 6.07) is 22.8. The number of likely N-dealkylation sites (tertiary alicyclic amines) is 1. The van der Waals surface area contributed by atoms with E-state index >= 15 is 0 Å². The molecular formula is C28H31N5O3. The standard InChI is InChI=1S/C28H31N5O3/c1-35-20-24-6-5-15-32(24)16-17-33-19-21-18-23(11-14-27(21)31-33)30-28(34)29-22-9-12-26(13-10-22)36-25-7-3-2-4-8-25/h2-4,7-14,18-19,24H,5-6,15-17,20H2,1H3,(H2,29,30,34)/t24-/m0/s1. The molecule has 1 aromatic heterocycles. The van der Waals surface area contributed by atoms with E-state index in [9.17, 15) is 4.79 Å². The lowest BCUT2D eigenvalue weighted by atomic mass is 10.2. The summed E-state index contributed by atoms with van der Waals surface area (Å²) in [7, 11) is 1.76. The van der Waals surface area contributed by atoms with Gasteiger partial charge in [-0.15, -0.1) is 0 Å². The Morgan fingerprint density at radius 3 is 2.53 bits per heavy atom. The van der Waals surface area contributed by atoms with Gasteiger partial charge in [-0.3, -0.25) is 9.58 Å². The molecule has 1 aliphatic rings. The van der Waals surface area contributed by atoms with Gasteiger partial charge in [0.2, 0.25) is 0 Å². The number of hydrogen-bond donors (Lipinski definition) is 2. The highest BCUT2D eigenvalue weighted by molar-refractivity contribution is 6.00. The molecule has 1 saturated heterocycles. The summed E-state index contributed by atoms with van der Waals surface area (Å²) in [5.41, 5.74) is 2.30. The number of benzene rings is 3. The number of urea groups is 1. The number of amides is 2. The molecule has 8 nitrogen and oxygen atoms in total. The number of fused-ring (bicyclic) bond motifs is 1. The Hall–Kier alpha value is -3.88. The minimum Gasteiger partial charge on any atom is -0.457 e. The number of nitrogens with zero attached hydrogens (tertiary/aromatic N) is 3. The first-order valence-corrected chi connectivity index (χ1v) is 12.3. The number of nitrogens with one attached hydrogen (secondary N) is 2. The lowest BCUT2D eigenvalue weighted by Gasteiger charge is -2.23. The summed E-state index contributed by atoms with van der Waals surface area (Å²) >= 11 is 0. The van der Waals surface area contributed by atoms with Crippen molar-refractivity contribution >= 4 is 28.3 Å². The van der Waals surface area contributed by atoms with Gasteiger partial charge in [-0.2, -0.15) is 5.10 Å². The van der Waals surface area contributed by atoms with Crippen molar-refractivity contribution in [3.63, 3.8) is 0 Å². The minimum absolute atomic E-state index is 0.309. The maximum atomic E-state index is 12.5. The van der Waals surface area contributed by atoms with E-state index in [2.05, 4.69) is 20.6 Å². The first kappa shape index (κ1) is 23.8. The van der Waals surface area contributed by atoms with Crippen LogP contribution in [-0.4, -0.2) is 53.6 Å². The van der Waals surface area contributed by atoms with E-state index in [1.165, 1.54) is 12.8 Å². The van der Waals surface area contributed by atoms with Gasteiger partial charge in [-0.25, -0.2) is 4.79 Å². The molecule has 2 heterocycles. The molecule has 0 saturated carbocycles. The van der Waals surface area contributed by atoms with Crippen molar-refractivity contribution in [3.05, 3.63) is 79.0 Å². The highest BCUT2D eigenvalue weighted by atomic mass is 16.5. The molecular weight excluding hydrogens is 454 g/mol. The van der Waals surface area contributed by atoms with Gasteiger partial charge in [0, 0.05) is 42.7 Å². The molecule has 0 aliphatic carbocycles. The molecule has 1 fully saturated rings. The zero-order chi connectivity index (χ0) is 24.7. The molecule has 4 aromatic rings. The molecule has 5 rings (SSSR count). The van der Waals surface area contributed by atoms with Gasteiger partial charge in [0.1, 0.15) is 11.5 Å². The van der Waals surface area contributed by atoms with Crippen molar-refractivity contribution in [3.8, 4) is 11.5 Å². The SMILES string of the molecule is COC[C@@H]1CCCN1CCn1cc2cc(NC(=O)Nc3ccc(Oc4ccccc4)cc3)ccc2n1. The molecule has 2 N–H and O–H groups in total. The second-order valence-electron chi connectivity index (χ2n) is 8.97. The summed E-state index contributed by atoms with van der Waals surface area (Å²) in [6.07, 6.45) is 4.45. The maximum absolute atomic E-state index is 12.5. The third-order valence-corrected chi connectivity index (χ3v) is 6.38. The Bertz CT molecular complexity index is 1290. The number of anilines is 2. The monoisotopic (exact) mass is 485 g/mol. The van der Waals surface area contributed by atoms with Crippen LogP contribution in [0.3, 0.4) is 0 Å². The van der Waals surface area contributed by atoms with E-state index in [1.807, 2.05) is 83.7 Å². The van der Waals surface area contributed by atoms with Crippen LogP contribution in [0.4, 0.5) is 16.2 Å². The average molecular weight is 486 g/mol. The minimum atomic E-state index is -0.309. The highest BCUT2D eigenvalue weighted by Gasteiger charge is 2.23. The van der Waals surface area contributed by atoms with E-state index in [4.69, 9.17) is 9.47 Å². The van der Waals surface area contributed by atoms with Crippen LogP contribution in [0, 0.1) is 0 Å². The molecule has 0 spiro atoms. The maximum Gasteiger partial charge on any atom is 0.323 e. The lowest BCUT2D eigenvalue weighted by Crippen LogP contribution is -2.35. The number of ether oxygens (including phenoxy) is 2. The second-order valence-corrected chi connectivity index (χ2v) is 8.97. The predicted molar refractivity (Wildman–Crippen MR) is 142 cm³/mol. The van der Waals surface area contributed by atoms with Crippen LogP contribution in [-0.2, 0) is 11.3 Å². The fourth-order valence-electron chi connectivity index (χ4n) is 4.60. The van der Waals surface area contributed by atoms with Crippen molar-refractivity contribution in [1.82, 2.24) is 14.7 Å². The third kappa shape index (κ3) is 6.02. The number of para-hydroxylation sites is 1. The zero-order valence-electron chi connectivity index (χ0n) is 20.4. The third-order valence-electron chi connectivity index (χ3n) is 6.38. The summed E-state index contributed by atoms with van der Waals surface area (Å²) in [5.74, 6) is 1.47. The molecule has 1 aliphatic heterocycles. The number of carbonyl (C=O) groups is 1. The molecule has 1 atom stereocenters. The molecule has 0 unspecified atom stereocenters. The Morgan fingerprint density at radius 2 is 1.72 bits per heavy atom. The molecule has 36 heavy (non-hydrogen) atoms. The van der Waals surface area contributed by atoms with Crippen molar-refractivity contribution in [2.45, 2.75) is 25.4 Å². The fraction of sp³-hybridized carbons (Fsp3) is 0.286. The Labute approximate surface area is 210 Å². The summed E-state index contributed by atoms with van der Waals surface area (Å²) in [6.45, 7) is 3.66. The van der Waals surface area contributed by atoms with Gasteiger partial charge in [0.15, 0.2) is 0 Å². The Balaban J connectivity index is 1.15.